The molecule has 0 bridgehead atoms. The summed E-state index contributed by atoms with van der Waals surface area (Å²) in [6.07, 6.45) is 0. The van der Waals surface area contributed by atoms with Gasteiger partial charge >= 0.3 is 5.97 Å². The standard InChI is InChI=1S/C19H18N2O6S/c1-19(2,3)20-28(25,26)13-10-8-12(9-11-13)18(24)27-21-16(22)14-6-4-5-7-15(14)17(21)23/h4-11,20H,1-3H3. The fourth-order valence-corrected chi connectivity index (χ4v) is 4.04. The monoisotopic (exact) mass is 402 g/mol. The zero-order chi connectivity index (χ0) is 20.7. The number of carbonyl (C=O) groups excluding carboxylic acids is 3. The van der Waals surface area contributed by atoms with Crippen LogP contribution in [0.25, 0.3) is 0 Å². The molecule has 28 heavy (non-hydrogen) atoms. The number of carbonyl (C=O) groups is 3. The van der Waals surface area contributed by atoms with Crippen LogP contribution < -0.4 is 4.72 Å². The van der Waals surface area contributed by atoms with Crippen molar-refractivity contribution >= 4 is 27.8 Å². The fourth-order valence-electron chi connectivity index (χ4n) is 2.62. The molecule has 2 aromatic carbocycles. The van der Waals surface area contributed by atoms with E-state index in [0.29, 0.717) is 5.06 Å². The zero-order valence-corrected chi connectivity index (χ0v) is 16.2. The third kappa shape index (κ3) is 3.80. The van der Waals surface area contributed by atoms with Crippen LogP contribution in [0.2, 0.25) is 0 Å². The maximum atomic E-state index is 12.3. The molecule has 8 nitrogen and oxygen atoms in total. The van der Waals surface area contributed by atoms with Crippen LogP contribution in [0.5, 0.6) is 0 Å². The third-order valence-electron chi connectivity index (χ3n) is 3.77. The Bertz CT molecular complexity index is 1030. The van der Waals surface area contributed by atoms with E-state index in [9.17, 15) is 22.8 Å². The van der Waals surface area contributed by atoms with E-state index in [4.69, 9.17) is 4.84 Å². The third-order valence-corrected chi connectivity index (χ3v) is 5.55. The van der Waals surface area contributed by atoms with Crippen LogP contribution in [0.15, 0.2) is 53.4 Å². The van der Waals surface area contributed by atoms with Gasteiger partial charge in [-0.1, -0.05) is 17.2 Å². The number of nitrogens with one attached hydrogen (secondary N) is 1. The van der Waals surface area contributed by atoms with E-state index < -0.39 is 33.3 Å². The zero-order valence-electron chi connectivity index (χ0n) is 15.4. The second-order valence-corrected chi connectivity index (χ2v) is 8.89. The molecule has 1 heterocycles. The predicted octanol–water partition coefficient (Wildman–Crippen LogP) is 2.13. The molecule has 0 unspecified atom stereocenters. The van der Waals surface area contributed by atoms with Crippen LogP contribution in [-0.2, 0) is 14.9 Å². The first kappa shape index (κ1) is 19.7. The first-order valence-corrected chi connectivity index (χ1v) is 9.82. The van der Waals surface area contributed by atoms with E-state index in [2.05, 4.69) is 4.72 Å². The topological polar surface area (TPSA) is 110 Å². The molecular weight excluding hydrogens is 384 g/mol. The molecule has 2 aromatic rings. The van der Waals surface area contributed by atoms with E-state index in [1.54, 1.807) is 32.9 Å². The van der Waals surface area contributed by atoms with Crippen LogP contribution in [0.1, 0.15) is 51.8 Å². The molecule has 3 rings (SSSR count). The van der Waals surface area contributed by atoms with Gasteiger partial charge in [-0.3, -0.25) is 9.59 Å². The summed E-state index contributed by atoms with van der Waals surface area (Å²) in [5.74, 6) is -2.42. The lowest BCUT2D eigenvalue weighted by molar-refractivity contribution is -0.0584. The summed E-state index contributed by atoms with van der Waals surface area (Å²) in [4.78, 5) is 41.7. The largest absolute Gasteiger partial charge is 0.363 e. The highest BCUT2D eigenvalue weighted by Gasteiger charge is 2.38. The van der Waals surface area contributed by atoms with Gasteiger partial charge in [0.25, 0.3) is 11.8 Å². The maximum absolute atomic E-state index is 12.3. The lowest BCUT2D eigenvalue weighted by atomic mass is 10.1. The lowest BCUT2D eigenvalue weighted by Gasteiger charge is -2.20. The Hall–Kier alpha value is -3.04. The summed E-state index contributed by atoms with van der Waals surface area (Å²) in [6.45, 7) is 5.12. The molecule has 1 aliphatic heterocycles. The Morgan fingerprint density at radius 1 is 0.929 bits per heavy atom. The van der Waals surface area contributed by atoms with Crippen molar-refractivity contribution in [3.8, 4) is 0 Å². The molecule has 0 fully saturated rings. The van der Waals surface area contributed by atoms with Crippen LogP contribution >= 0.6 is 0 Å². The van der Waals surface area contributed by atoms with Crippen molar-refractivity contribution < 1.29 is 27.6 Å². The number of imide groups is 1. The average Bonchev–Trinajstić information content (AvgIpc) is 2.85. The van der Waals surface area contributed by atoms with Gasteiger partial charge in [-0.05, 0) is 57.2 Å². The van der Waals surface area contributed by atoms with Gasteiger partial charge in [0, 0.05) is 5.54 Å². The summed E-state index contributed by atoms with van der Waals surface area (Å²) in [7, 11) is -3.76. The van der Waals surface area contributed by atoms with Gasteiger partial charge in [0.2, 0.25) is 10.0 Å². The van der Waals surface area contributed by atoms with Gasteiger partial charge in [-0.15, -0.1) is 0 Å². The van der Waals surface area contributed by atoms with Gasteiger partial charge in [-0.25, -0.2) is 17.9 Å². The highest BCUT2D eigenvalue weighted by atomic mass is 32.2. The highest BCUT2D eigenvalue weighted by molar-refractivity contribution is 7.89. The lowest BCUT2D eigenvalue weighted by Crippen LogP contribution is -2.40. The number of fused-ring (bicyclic) bond motifs is 1. The summed E-state index contributed by atoms with van der Waals surface area (Å²) in [6, 6.07) is 11.1. The number of hydrogen-bond acceptors (Lipinski definition) is 6. The first-order valence-electron chi connectivity index (χ1n) is 8.34. The number of hydrogen-bond donors (Lipinski definition) is 1. The molecule has 1 aliphatic rings. The van der Waals surface area contributed by atoms with Crippen molar-refractivity contribution in [2.45, 2.75) is 31.2 Å². The highest BCUT2D eigenvalue weighted by Crippen LogP contribution is 2.23. The number of nitrogens with zero attached hydrogens (tertiary/aromatic N) is 1. The molecule has 2 amide bonds. The normalized spacial score (nSPS) is 14.2. The van der Waals surface area contributed by atoms with Gasteiger partial charge in [0.15, 0.2) is 0 Å². The van der Waals surface area contributed by atoms with Crippen molar-refractivity contribution in [3.63, 3.8) is 0 Å². The second kappa shape index (κ2) is 6.84. The van der Waals surface area contributed by atoms with E-state index >= 15 is 0 Å². The van der Waals surface area contributed by atoms with Gasteiger partial charge in [0.1, 0.15) is 0 Å². The predicted molar refractivity (Wildman–Crippen MR) is 98.9 cm³/mol. The van der Waals surface area contributed by atoms with E-state index in [-0.39, 0.29) is 21.6 Å². The molecule has 146 valence electrons. The summed E-state index contributed by atoms with van der Waals surface area (Å²) < 4.78 is 27.1. The van der Waals surface area contributed by atoms with Crippen LogP contribution in [-0.4, -0.2) is 36.8 Å². The Balaban J connectivity index is 1.76. The Labute approximate surface area is 162 Å². The fraction of sp³-hybridized carbons (Fsp3) is 0.211. The number of benzene rings is 2. The molecule has 0 radical (unpaired) electrons. The van der Waals surface area contributed by atoms with E-state index in [1.807, 2.05) is 0 Å². The summed E-state index contributed by atoms with van der Waals surface area (Å²) >= 11 is 0. The Morgan fingerprint density at radius 2 is 1.43 bits per heavy atom. The van der Waals surface area contributed by atoms with Crippen LogP contribution in [0, 0.1) is 0 Å². The molecule has 0 saturated heterocycles. The van der Waals surface area contributed by atoms with Crippen molar-refractivity contribution in [3.05, 3.63) is 65.2 Å². The second-order valence-electron chi connectivity index (χ2n) is 7.21. The van der Waals surface area contributed by atoms with Gasteiger partial charge < -0.3 is 4.84 Å². The Morgan fingerprint density at radius 3 is 1.89 bits per heavy atom. The SMILES string of the molecule is CC(C)(C)NS(=O)(=O)c1ccc(C(=O)ON2C(=O)c3ccccc3C2=O)cc1. The first-order chi connectivity index (χ1) is 13.0. The van der Waals surface area contributed by atoms with Crippen molar-refractivity contribution in [2.24, 2.45) is 0 Å². The molecule has 1 N–H and O–H groups in total. The minimum Gasteiger partial charge on any atom is -0.324 e. The number of rotatable bonds is 4. The van der Waals surface area contributed by atoms with Crippen molar-refractivity contribution in [1.29, 1.82) is 0 Å². The minimum atomic E-state index is -3.76. The maximum Gasteiger partial charge on any atom is 0.363 e. The number of sulfonamides is 1. The molecule has 0 saturated carbocycles. The molecule has 0 spiro atoms. The molecule has 0 aliphatic carbocycles. The smallest absolute Gasteiger partial charge is 0.324 e. The molecule has 9 heteroatoms. The number of amides is 2. The van der Waals surface area contributed by atoms with Crippen LogP contribution in [0.4, 0.5) is 0 Å². The van der Waals surface area contributed by atoms with Crippen LogP contribution in [0.3, 0.4) is 0 Å². The molecular formula is C19H18N2O6S. The van der Waals surface area contributed by atoms with Crippen molar-refractivity contribution in [1.82, 2.24) is 9.79 Å². The Kier molecular flexibility index (Phi) is 4.82. The van der Waals surface area contributed by atoms with Crippen molar-refractivity contribution in [2.75, 3.05) is 0 Å². The summed E-state index contributed by atoms with van der Waals surface area (Å²) in [5.41, 5.74) is -0.377. The molecule has 0 aromatic heterocycles. The van der Waals surface area contributed by atoms with E-state index in [1.165, 1.54) is 36.4 Å². The van der Waals surface area contributed by atoms with Gasteiger partial charge in [0.05, 0.1) is 21.6 Å². The minimum absolute atomic E-state index is 0.00809. The quantitative estimate of drug-likeness (QED) is 0.785. The van der Waals surface area contributed by atoms with Gasteiger partial charge in [-0.2, -0.15) is 0 Å². The number of hydroxylamine groups is 2. The van der Waals surface area contributed by atoms with E-state index in [0.717, 1.165) is 0 Å². The summed E-state index contributed by atoms with van der Waals surface area (Å²) in [5, 5.41) is 0.402. The molecule has 0 atom stereocenters. The average molecular weight is 402 g/mol.